The van der Waals surface area contributed by atoms with Gasteiger partial charge in [-0.25, -0.2) is 13.4 Å². The molecule has 0 aliphatic heterocycles. The fraction of sp³-hybridized carbons (Fsp3) is 0.300. The van der Waals surface area contributed by atoms with Crippen LogP contribution in [0.3, 0.4) is 0 Å². The number of hydrogen-bond donors (Lipinski definition) is 2. The summed E-state index contributed by atoms with van der Waals surface area (Å²) in [6.07, 6.45) is 0. The Morgan fingerprint density at radius 3 is 2.40 bits per heavy atom. The van der Waals surface area contributed by atoms with Gasteiger partial charge < -0.3 is 19.2 Å². The van der Waals surface area contributed by atoms with E-state index in [4.69, 9.17) is 14.2 Å². The van der Waals surface area contributed by atoms with Crippen molar-refractivity contribution in [3.63, 3.8) is 0 Å². The van der Waals surface area contributed by atoms with Crippen LogP contribution in [0, 0.1) is 5.41 Å². The standard InChI is InChI=1S/C20H22N2O6S2/c1-20(2,18(23)27-4)11-28-12-5-7-13(8-6-12)30(24,25)17-15(26-3)10-9-14-16(17)22-19(29)21-14/h5-10H,11H2,1-4H3,(H2,21,22,29). The Labute approximate surface area is 179 Å². The largest absolute Gasteiger partial charge is 0.495 e. The fourth-order valence-corrected chi connectivity index (χ4v) is 4.65. The van der Waals surface area contributed by atoms with E-state index in [-0.39, 0.29) is 27.7 Å². The van der Waals surface area contributed by atoms with Crippen LogP contribution in [0.2, 0.25) is 0 Å². The minimum absolute atomic E-state index is 0.0421. The van der Waals surface area contributed by atoms with Gasteiger partial charge in [0.15, 0.2) is 5.16 Å². The molecule has 0 amide bonds. The minimum atomic E-state index is -3.94. The maximum Gasteiger partial charge on any atom is 0.314 e. The summed E-state index contributed by atoms with van der Waals surface area (Å²) in [7, 11) is -1.23. The molecule has 0 saturated heterocycles. The van der Waals surface area contributed by atoms with E-state index in [0.717, 1.165) is 0 Å². The highest BCUT2D eigenvalue weighted by Gasteiger charge is 2.30. The summed E-state index contributed by atoms with van der Waals surface area (Å²) in [5.74, 6) is 0.209. The molecule has 3 aromatic rings. The highest BCUT2D eigenvalue weighted by atomic mass is 32.2. The Bertz CT molecular complexity index is 1180. The van der Waals surface area contributed by atoms with Crippen molar-refractivity contribution in [1.29, 1.82) is 0 Å². The van der Waals surface area contributed by atoms with Gasteiger partial charge in [-0.1, -0.05) is 0 Å². The average Bonchev–Trinajstić information content (AvgIpc) is 3.10. The van der Waals surface area contributed by atoms with Crippen molar-refractivity contribution >= 4 is 39.5 Å². The van der Waals surface area contributed by atoms with Crippen molar-refractivity contribution in [1.82, 2.24) is 9.97 Å². The van der Waals surface area contributed by atoms with Gasteiger partial charge in [0.1, 0.15) is 28.5 Å². The molecule has 1 heterocycles. The molecule has 30 heavy (non-hydrogen) atoms. The van der Waals surface area contributed by atoms with Crippen molar-refractivity contribution in [2.45, 2.75) is 28.8 Å². The molecular formula is C20H22N2O6S2. The van der Waals surface area contributed by atoms with Crippen LogP contribution in [0.4, 0.5) is 0 Å². The number of nitrogens with zero attached hydrogens (tertiary/aromatic N) is 1. The molecule has 0 aliphatic rings. The zero-order valence-corrected chi connectivity index (χ0v) is 18.6. The Balaban J connectivity index is 1.93. The van der Waals surface area contributed by atoms with Gasteiger partial charge in [-0.05, 0) is 50.2 Å². The van der Waals surface area contributed by atoms with Crippen LogP contribution in [0.1, 0.15) is 13.8 Å². The first-order chi connectivity index (χ1) is 14.1. The van der Waals surface area contributed by atoms with Crippen molar-refractivity contribution in [2.75, 3.05) is 20.8 Å². The normalized spacial score (nSPS) is 12.0. The molecule has 0 fully saturated rings. The average molecular weight is 451 g/mol. The van der Waals surface area contributed by atoms with E-state index < -0.39 is 21.2 Å². The van der Waals surface area contributed by atoms with Gasteiger partial charge in [-0.15, -0.1) is 12.6 Å². The van der Waals surface area contributed by atoms with Gasteiger partial charge in [0.05, 0.1) is 30.0 Å². The van der Waals surface area contributed by atoms with Crippen molar-refractivity contribution < 1.29 is 27.4 Å². The topological polar surface area (TPSA) is 108 Å². The van der Waals surface area contributed by atoms with Crippen LogP contribution < -0.4 is 9.47 Å². The lowest BCUT2D eigenvalue weighted by molar-refractivity contribution is -0.152. The number of esters is 1. The summed E-state index contributed by atoms with van der Waals surface area (Å²) >= 11 is 4.17. The molecule has 0 radical (unpaired) electrons. The van der Waals surface area contributed by atoms with Crippen LogP contribution in [0.5, 0.6) is 11.5 Å². The Morgan fingerprint density at radius 2 is 1.80 bits per heavy atom. The third-order valence-electron chi connectivity index (χ3n) is 4.52. The number of carbonyl (C=O) groups is 1. The van der Waals surface area contributed by atoms with Gasteiger partial charge in [-0.3, -0.25) is 4.79 Å². The Kier molecular flexibility index (Phi) is 6.00. The van der Waals surface area contributed by atoms with E-state index in [9.17, 15) is 13.2 Å². The fourth-order valence-electron chi connectivity index (χ4n) is 2.87. The third kappa shape index (κ3) is 4.10. The molecular weight excluding hydrogens is 428 g/mol. The van der Waals surface area contributed by atoms with E-state index in [1.165, 1.54) is 38.5 Å². The zero-order chi connectivity index (χ0) is 22.1. The summed E-state index contributed by atoms with van der Waals surface area (Å²) in [6, 6.07) is 9.17. The van der Waals surface area contributed by atoms with Crippen LogP contribution in [-0.4, -0.2) is 45.2 Å². The summed E-state index contributed by atoms with van der Waals surface area (Å²) in [5, 5.41) is 0.298. The molecule has 3 rings (SSSR count). The second kappa shape index (κ2) is 8.19. The smallest absolute Gasteiger partial charge is 0.314 e. The number of methoxy groups -OCH3 is 2. The number of rotatable bonds is 7. The first-order valence-electron chi connectivity index (χ1n) is 8.92. The van der Waals surface area contributed by atoms with E-state index in [1.807, 2.05) is 0 Å². The zero-order valence-electron chi connectivity index (χ0n) is 16.9. The maximum absolute atomic E-state index is 13.3. The summed E-state index contributed by atoms with van der Waals surface area (Å²) < 4.78 is 42.3. The number of sulfone groups is 1. The van der Waals surface area contributed by atoms with Gasteiger partial charge in [0.2, 0.25) is 9.84 Å². The number of carbonyl (C=O) groups excluding carboxylic acids is 1. The summed E-state index contributed by atoms with van der Waals surface area (Å²) in [5.41, 5.74) is -0.0589. The van der Waals surface area contributed by atoms with Crippen LogP contribution in [0.15, 0.2) is 51.3 Å². The number of aromatic amines is 1. The molecule has 2 aromatic carbocycles. The molecule has 1 aromatic heterocycles. The predicted octanol–water partition coefficient (Wildman–Crippen LogP) is 3.27. The third-order valence-corrected chi connectivity index (χ3v) is 6.56. The molecule has 160 valence electrons. The molecule has 0 atom stereocenters. The van der Waals surface area contributed by atoms with Gasteiger partial charge in [-0.2, -0.15) is 0 Å². The number of benzene rings is 2. The maximum atomic E-state index is 13.3. The quantitative estimate of drug-likeness (QED) is 0.420. The predicted molar refractivity (Wildman–Crippen MR) is 113 cm³/mol. The number of aromatic nitrogens is 2. The van der Waals surface area contributed by atoms with Crippen molar-refractivity contribution in [3.8, 4) is 11.5 Å². The van der Waals surface area contributed by atoms with Crippen molar-refractivity contribution in [2.24, 2.45) is 5.41 Å². The summed E-state index contributed by atoms with van der Waals surface area (Å²) in [4.78, 5) is 18.9. The molecule has 0 spiro atoms. The van der Waals surface area contributed by atoms with E-state index >= 15 is 0 Å². The number of hydrogen-bond acceptors (Lipinski definition) is 8. The molecule has 8 nitrogen and oxygen atoms in total. The van der Waals surface area contributed by atoms with E-state index in [0.29, 0.717) is 16.4 Å². The molecule has 0 bridgehead atoms. The molecule has 0 unspecified atom stereocenters. The number of ether oxygens (including phenoxy) is 3. The highest BCUT2D eigenvalue weighted by molar-refractivity contribution is 7.91. The summed E-state index contributed by atoms with van der Waals surface area (Å²) in [6.45, 7) is 3.48. The lowest BCUT2D eigenvalue weighted by atomic mass is 9.95. The van der Waals surface area contributed by atoms with E-state index in [1.54, 1.807) is 26.0 Å². The second-order valence-electron chi connectivity index (χ2n) is 7.19. The van der Waals surface area contributed by atoms with Gasteiger partial charge in [0.25, 0.3) is 0 Å². The molecule has 10 heteroatoms. The minimum Gasteiger partial charge on any atom is -0.495 e. The first-order valence-corrected chi connectivity index (χ1v) is 10.9. The Morgan fingerprint density at radius 1 is 1.13 bits per heavy atom. The Hall–Kier alpha value is -2.72. The lowest BCUT2D eigenvalue weighted by Gasteiger charge is -2.21. The van der Waals surface area contributed by atoms with Crippen LogP contribution >= 0.6 is 12.6 Å². The number of fused-ring (bicyclic) bond motifs is 1. The van der Waals surface area contributed by atoms with Crippen LogP contribution in [0.25, 0.3) is 11.0 Å². The highest BCUT2D eigenvalue weighted by Crippen LogP contribution is 2.36. The molecule has 0 saturated carbocycles. The lowest BCUT2D eigenvalue weighted by Crippen LogP contribution is -2.32. The molecule has 1 N–H and O–H groups in total. The van der Waals surface area contributed by atoms with E-state index in [2.05, 4.69) is 22.6 Å². The SMILES string of the molecule is COC(=O)C(C)(C)COc1ccc(S(=O)(=O)c2c(OC)ccc3[nH]c(S)nc23)cc1. The number of thiol groups is 1. The number of nitrogens with one attached hydrogen (secondary N) is 1. The second-order valence-corrected chi connectivity index (χ2v) is 9.50. The van der Waals surface area contributed by atoms with Crippen molar-refractivity contribution in [3.05, 3.63) is 36.4 Å². The van der Waals surface area contributed by atoms with Gasteiger partial charge in [0, 0.05) is 0 Å². The number of H-pyrrole nitrogens is 1. The molecule has 0 aliphatic carbocycles. The number of imidazole rings is 1. The van der Waals surface area contributed by atoms with Gasteiger partial charge >= 0.3 is 5.97 Å². The monoisotopic (exact) mass is 450 g/mol. The van der Waals surface area contributed by atoms with Crippen LogP contribution in [-0.2, 0) is 19.4 Å². The first kappa shape index (κ1) is 22.0.